The number of hydrogen-bond donors (Lipinski definition) is 0. The van der Waals surface area contributed by atoms with Gasteiger partial charge in [-0.3, -0.25) is 0 Å². The maximum atomic E-state index is 13.0. The van der Waals surface area contributed by atoms with Crippen LogP contribution < -0.4 is 0 Å². The SMILES string of the molecule is Cc1cc(C(Br)C2CCC2)ccc1F. The summed E-state index contributed by atoms with van der Waals surface area (Å²) < 4.78 is 13.0. The molecule has 0 aliphatic heterocycles. The van der Waals surface area contributed by atoms with Crippen LogP contribution in [0.2, 0.25) is 0 Å². The van der Waals surface area contributed by atoms with Crippen LogP contribution in [0.4, 0.5) is 4.39 Å². The lowest BCUT2D eigenvalue weighted by molar-refractivity contribution is 0.312. The molecule has 1 aromatic carbocycles. The lowest BCUT2D eigenvalue weighted by atomic mass is 9.80. The molecule has 2 heteroatoms. The molecule has 14 heavy (non-hydrogen) atoms. The van der Waals surface area contributed by atoms with Crippen molar-refractivity contribution in [2.45, 2.75) is 31.0 Å². The molecule has 1 unspecified atom stereocenters. The van der Waals surface area contributed by atoms with Crippen molar-refractivity contribution in [3.05, 3.63) is 35.1 Å². The molecule has 0 nitrogen and oxygen atoms in total. The van der Waals surface area contributed by atoms with Gasteiger partial charge in [0, 0.05) is 4.83 Å². The molecule has 0 radical (unpaired) electrons. The fourth-order valence-corrected chi connectivity index (χ4v) is 2.66. The molecule has 1 fully saturated rings. The topological polar surface area (TPSA) is 0 Å². The largest absolute Gasteiger partial charge is 0.207 e. The Morgan fingerprint density at radius 2 is 2.14 bits per heavy atom. The van der Waals surface area contributed by atoms with Crippen molar-refractivity contribution in [2.75, 3.05) is 0 Å². The molecule has 0 amide bonds. The van der Waals surface area contributed by atoms with Crippen molar-refractivity contribution in [3.8, 4) is 0 Å². The highest BCUT2D eigenvalue weighted by atomic mass is 79.9. The highest BCUT2D eigenvalue weighted by Gasteiger charge is 2.26. The Morgan fingerprint density at radius 3 is 2.64 bits per heavy atom. The quantitative estimate of drug-likeness (QED) is 0.690. The van der Waals surface area contributed by atoms with E-state index in [1.165, 1.54) is 24.8 Å². The maximum absolute atomic E-state index is 13.0. The fourth-order valence-electron chi connectivity index (χ4n) is 1.84. The van der Waals surface area contributed by atoms with Gasteiger partial charge in [-0.2, -0.15) is 0 Å². The monoisotopic (exact) mass is 256 g/mol. The van der Waals surface area contributed by atoms with E-state index in [4.69, 9.17) is 0 Å². The summed E-state index contributed by atoms with van der Waals surface area (Å²) in [5.41, 5.74) is 1.96. The zero-order valence-electron chi connectivity index (χ0n) is 8.26. The summed E-state index contributed by atoms with van der Waals surface area (Å²) >= 11 is 3.70. The first-order valence-corrected chi connectivity index (χ1v) is 6.00. The summed E-state index contributed by atoms with van der Waals surface area (Å²) in [5, 5.41) is 0. The smallest absolute Gasteiger partial charge is 0.126 e. The van der Waals surface area contributed by atoms with E-state index in [9.17, 15) is 4.39 Å². The van der Waals surface area contributed by atoms with Gasteiger partial charge in [0.1, 0.15) is 5.82 Å². The molecule has 1 aromatic rings. The number of hydrogen-bond acceptors (Lipinski definition) is 0. The minimum Gasteiger partial charge on any atom is -0.207 e. The van der Waals surface area contributed by atoms with Gasteiger partial charge in [0.15, 0.2) is 0 Å². The molecular formula is C12H14BrF. The summed E-state index contributed by atoms with van der Waals surface area (Å²) in [6.07, 6.45) is 3.94. The molecule has 0 spiro atoms. The maximum Gasteiger partial charge on any atom is 0.126 e. The summed E-state index contributed by atoms with van der Waals surface area (Å²) in [6, 6.07) is 5.41. The molecule has 0 heterocycles. The summed E-state index contributed by atoms with van der Waals surface area (Å²) in [4.78, 5) is 0.413. The first-order valence-electron chi connectivity index (χ1n) is 5.08. The second-order valence-corrected chi connectivity index (χ2v) is 5.09. The molecule has 76 valence electrons. The van der Waals surface area contributed by atoms with E-state index in [0.717, 1.165) is 11.5 Å². The van der Waals surface area contributed by atoms with Gasteiger partial charge in [-0.15, -0.1) is 0 Å². The molecule has 0 N–H and O–H groups in total. The number of halogens is 2. The van der Waals surface area contributed by atoms with Gasteiger partial charge in [0.2, 0.25) is 0 Å². The van der Waals surface area contributed by atoms with Crippen molar-refractivity contribution >= 4 is 15.9 Å². The normalized spacial score (nSPS) is 19.1. The molecule has 2 rings (SSSR count). The molecule has 1 aliphatic rings. The third kappa shape index (κ3) is 1.85. The van der Waals surface area contributed by atoms with Gasteiger partial charge in [0.05, 0.1) is 0 Å². The van der Waals surface area contributed by atoms with Crippen LogP contribution in [0.1, 0.15) is 35.2 Å². The Balaban J connectivity index is 2.18. The predicted octanol–water partition coefficient (Wildman–Crippen LogP) is 4.37. The van der Waals surface area contributed by atoms with Gasteiger partial charge in [-0.05, 0) is 42.9 Å². The minimum atomic E-state index is -0.109. The standard InChI is InChI=1S/C12H14BrF/c1-8-7-10(5-6-11(8)14)12(13)9-3-2-4-9/h5-7,9,12H,2-4H2,1H3. The Labute approximate surface area is 92.6 Å². The first kappa shape index (κ1) is 10.2. The lowest BCUT2D eigenvalue weighted by Gasteiger charge is -2.30. The molecule has 0 saturated heterocycles. The van der Waals surface area contributed by atoms with E-state index >= 15 is 0 Å². The number of alkyl halides is 1. The third-order valence-corrected chi connectivity index (χ3v) is 4.34. The van der Waals surface area contributed by atoms with Gasteiger partial charge in [-0.1, -0.05) is 34.5 Å². The van der Waals surface area contributed by atoms with Crippen LogP contribution in [-0.4, -0.2) is 0 Å². The van der Waals surface area contributed by atoms with Crippen LogP contribution in [0.25, 0.3) is 0 Å². The number of rotatable bonds is 2. The van der Waals surface area contributed by atoms with E-state index in [1.54, 1.807) is 6.07 Å². The summed E-state index contributed by atoms with van der Waals surface area (Å²) in [5.74, 6) is 0.641. The van der Waals surface area contributed by atoms with Gasteiger partial charge >= 0.3 is 0 Å². The van der Waals surface area contributed by atoms with Crippen molar-refractivity contribution < 1.29 is 4.39 Å². The van der Waals surface area contributed by atoms with Crippen molar-refractivity contribution in [2.24, 2.45) is 5.92 Å². The lowest BCUT2D eigenvalue weighted by Crippen LogP contribution is -2.16. The van der Waals surface area contributed by atoms with E-state index < -0.39 is 0 Å². The number of benzene rings is 1. The van der Waals surface area contributed by atoms with Crippen LogP contribution in [0, 0.1) is 18.7 Å². The second-order valence-electron chi connectivity index (χ2n) is 4.10. The van der Waals surface area contributed by atoms with Crippen molar-refractivity contribution in [3.63, 3.8) is 0 Å². The Morgan fingerprint density at radius 1 is 1.43 bits per heavy atom. The Bertz CT molecular complexity index is 331. The molecule has 1 atom stereocenters. The van der Waals surface area contributed by atoms with E-state index in [1.807, 2.05) is 19.1 Å². The summed E-state index contributed by atoms with van der Waals surface area (Å²) in [6.45, 7) is 1.82. The van der Waals surface area contributed by atoms with Crippen LogP contribution in [0.5, 0.6) is 0 Å². The molecule has 1 aliphatic carbocycles. The zero-order valence-corrected chi connectivity index (χ0v) is 9.85. The van der Waals surface area contributed by atoms with Crippen molar-refractivity contribution in [1.29, 1.82) is 0 Å². The van der Waals surface area contributed by atoms with Crippen LogP contribution in [-0.2, 0) is 0 Å². The average Bonchev–Trinajstić information content (AvgIpc) is 2.06. The van der Waals surface area contributed by atoms with Gasteiger partial charge in [0.25, 0.3) is 0 Å². The highest BCUT2D eigenvalue weighted by molar-refractivity contribution is 9.09. The second kappa shape index (κ2) is 4.01. The van der Waals surface area contributed by atoms with Crippen molar-refractivity contribution in [1.82, 2.24) is 0 Å². The highest BCUT2D eigenvalue weighted by Crippen LogP contribution is 2.43. The Hall–Kier alpha value is -0.370. The minimum absolute atomic E-state index is 0.109. The van der Waals surface area contributed by atoms with Gasteiger partial charge < -0.3 is 0 Å². The third-order valence-electron chi connectivity index (χ3n) is 3.06. The molecule has 0 aromatic heterocycles. The zero-order chi connectivity index (χ0) is 10.1. The summed E-state index contributed by atoms with van der Waals surface area (Å²) in [7, 11) is 0. The van der Waals surface area contributed by atoms with Crippen LogP contribution in [0.15, 0.2) is 18.2 Å². The molecule has 0 bridgehead atoms. The van der Waals surface area contributed by atoms with E-state index in [2.05, 4.69) is 15.9 Å². The van der Waals surface area contributed by atoms with Crippen LogP contribution in [0.3, 0.4) is 0 Å². The van der Waals surface area contributed by atoms with E-state index in [0.29, 0.717) is 4.83 Å². The first-order chi connectivity index (χ1) is 6.68. The van der Waals surface area contributed by atoms with E-state index in [-0.39, 0.29) is 5.82 Å². The fraction of sp³-hybridized carbons (Fsp3) is 0.500. The predicted molar refractivity (Wildman–Crippen MR) is 60.1 cm³/mol. The Kier molecular flexibility index (Phi) is 2.91. The van der Waals surface area contributed by atoms with Gasteiger partial charge in [-0.25, -0.2) is 4.39 Å². The van der Waals surface area contributed by atoms with Crippen LogP contribution >= 0.6 is 15.9 Å². The molecule has 1 saturated carbocycles. The number of aryl methyl sites for hydroxylation is 1. The average molecular weight is 257 g/mol. The molecular weight excluding hydrogens is 243 g/mol.